The first-order valence-electron chi connectivity index (χ1n) is 10.3. The molecular formula is C22H36N2O3Si2. The van der Waals surface area contributed by atoms with E-state index in [2.05, 4.69) is 26.2 Å². The Labute approximate surface area is 177 Å². The molecule has 0 spiro atoms. The summed E-state index contributed by atoms with van der Waals surface area (Å²) in [5.74, 6) is 1.66. The standard InChI is InChI=1S/C22H36N2O3Si2/c1-28(2,3)27-29(4,15-7-13-25-21-11-5-9-19(23)17-21)16-8-14-26-22-12-6-10-20(24)18-22/h5-6,9-12,17-18H,7-8,13-16,23-24H2,1-4H3. The molecule has 0 heterocycles. The zero-order chi connectivity index (χ0) is 21.3. The van der Waals surface area contributed by atoms with Crippen LogP contribution in [0.4, 0.5) is 11.4 Å². The highest BCUT2D eigenvalue weighted by Gasteiger charge is 2.33. The number of nitrogens with two attached hydrogens (primary N) is 2. The largest absolute Gasteiger partial charge is 0.494 e. The van der Waals surface area contributed by atoms with Gasteiger partial charge in [-0.2, -0.15) is 0 Å². The second-order valence-corrected chi connectivity index (χ2v) is 17.7. The highest BCUT2D eigenvalue weighted by molar-refractivity contribution is 6.84. The van der Waals surface area contributed by atoms with Crippen LogP contribution in [-0.2, 0) is 4.12 Å². The molecule has 160 valence electrons. The maximum atomic E-state index is 6.69. The molecule has 7 heteroatoms. The van der Waals surface area contributed by atoms with Gasteiger partial charge in [-0.25, -0.2) is 0 Å². The minimum atomic E-state index is -1.83. The third-order valence-corrected chi connectivity index (χ3v) is 11.7. The summed E-state index contributed by atoms with van der Waals surface area (Å²) in [5.41, 5.74) is 13.1. The Balaban J connectivity index is 1.81. The van der Waals surface area contributed by atoms with Crippen molar-refractivity contribution in [3.05, 3.63) is 48.5 Å². The summed E-state index contributed by atoms with van der Waals surface area (Å²) in [6.45, 7) is 10.5. The van der Waals surface area contributed by atoms with Crippen molar-refractivity contribution in [1.29, 1.82) is 0 Å². The molecule has 2 aromatic rings. The molecule has 29 heavy (non-hydrogen) atoms. The van der Waals surface area contributed by atoms with Crippen LogP contribution >= 0.6 is 0 Å². The Bertz CT molecular complexity index is 712. The zero-order valence-corrected chi connectivity index (χ0v) is 20.2. The van der Waals surface area contributed by atoms with Gasteiger partial charge in [-0.3, -0.25) is 0 Å². The first-order valence-corrected chi connectivity index (χ1v) is 16.6. The van der Waals surface area contributed by atoms with Crippen LogP contribution in [0, 0.1) is 0 Å². The molecule has 0 radical (unpaired) electrons. The van der Waals surface area contributed by atoms with Gasteiger partial charge in [0.05, 0.1) is 13.2 Å². The predicted octanol–water partition coefficient (Wildman–Crippen LogP) is 5.52. The molecule has 0 aromatic heterocycles. The molecule has 2 aromatic carbocycles. The maximum absolute atomic E-state index is 6.69. The van der Waals surface area contributed by atoms with Crippen LogP contribution in [0.1, 0.15) is 12.8 Å². The molecule has 0 saturated heterocycles. The quantitative estimate of drug-likeness (QED) is 0.262. The first-order chi connectivity index (χ1) is 13.7. The number of hydrogen-bond donors (Lipinski definition) is 2. The molecule has 0 unspecified atom stereocenters. The molecule has 0 fully saturated rings. The monoisotopic (exact) mass is 432 g/mol. The zero-order valence-electron chi connectivity index (χ0n) is 18.2. The topological polar surface area (TPSA) is 79.7 Å². The summed E-state index contributed by atoms with van der Waals surface area (Å²) in [4.78, 5) is 0. The predicted molar refractivity (Wildman–Crippen MR) is 128 cm³/mol. The van der Waals surface area contributed by atoms with Crippen molar-refractivity contribution in [3.63, 3.8) is 0 Å². The van der Waals surface area contributed by atoms with Crippen molar-refractivity contribution < 1.29 is 13.6 Å². The lowest BCUT2D eigenvalue weighted by Crippen LogP contribution is -2.45. The Hall–Kier alpha value is -1.97. The average Bonchev–Trinajstić information content (AvgIpc) is 2.61. The lowest BCUT2D eigenvalue weighted by molar-refractivity contribution is 0.310. The number of rotatable bonds is 12. The maximum Gasteiger partial charge on any atom is 0.176 e. The summed E-state index contributed by atoms with van der Waals surface area (Å²) in [6, 6.07) is 17.3. The number of nitrogen functional groups attached to an aromatic ring is 2. The molecule has 0 amide bonds. The fourth-order valence-corrected chi connectivity index (χ4v) is 12.2. The van der Waals surface area contributed by atoms with Gasteiger partial charge in [-0.1, -0.05) is 12.1 Å². The molecule has 0 bridgehead atoms. The van der Waals surface area contributed by atoms with Gasteiger partial charge in [0.2, 0.25) is 0 Å². The molecule has 2 rings (SSSR count). The summed E-state index contributed by atoms with van der Waals surface area (Å²) < 4.78 is 18.4. The fourth-order valence-electron chi connectivity index (χ4n) is 3.45. The minimum absolute atomic E-state index is 0.681. The van der Waals surface area contributed by atoms with Crippen LogP contribution in [0.2, 0.25) is 38.3 Å². The third-order valence-electron chi connectivity index (χ3n) is 4.51. The SMILES string of the molecule is C[Si](C)(C)O[Si](C)(CCCOc1cccc(N)c1)CCCOc1cccc(N)c1. The smallest absolute Gasteiger partial charge is 0.176 e. The van der Waals surface area contributed by atoms with Crippen molar-refractivity contribution >= 4 is 28.0 Å². The van der Waals surface area contributed by atoms with Crippen molar-refractivity contribution in [2.75, 3.05) is 24.7 Å². The lowest BCUT2D eigenvalue weighted by atomic mass is 10.3. The van der Waals surface area contributed by atoms with Crippen LogP contribution in [0.15, 0.2) is 48.5 Å². The van der Waals surface area contributed by atoms with Gasteiger partial charge in [0, 0.05) is 23.5 Å². The summed E-state index contributed by atoms with van der Waals surface area (Å²) in [5, 5.41) is 0. The van der Waals surface area contributed by atoms with Gasteiger partial charge in [0.1, 0.15) is 11.5 Å². The summed E-state index contributed by atoms with van der Waals surface area (Å²) in [6.07, 6.45) is 1.97. The highest BCUT2D eigenvalue weighted by atomic mass is 28.4. The van der Waals surface area contributed by atoms with Gasteiger partial charge < -0.3 is 25.1 Å². The van der Waals surface area contributed by atoms with Gasteiger partial charge in [-0.05, 0) is 75.4 Å². The van der Waals surface area contributed by atoms with E-state index in [9.17, 15) is 0 Å². The van der Waals surface area contributed by atoms with E-state index in [0.717, 1.165) is 47.8 Å². The van der Waals surface area contributed by atoms with Gasteiger partial charge in [0.25, 0.3) is 0 Å². The Morgan fingerprint density at radius 1 is 0.724 bits per heavy atom. The molecule has 5 nitrogen and oxygen atoms in total. The van der Waals surface area contributed by atoms with E-state index in [-0.39, 0.29) is 0 Å². The normalized spacial score (nSPS) is 12.0. The summed E-state index contributed by atoms with van der Waals surface area (Å²) >= 11 is 0. The Morgan fingerprint density at radius 3 is 1.55 bits per heavy atom. The Morgan fingerprint density at radius 2 is 1.17 bits per heavy atom. The lowest BCUT2D eigenvalue weighted by Gasteiger charge is -2.35. The Kier molecular flexibility index (Phi) is 8.61. The van der Waals surface area contributed by atoms with E-state index >= 15 is 0 Å². The van der Waals surface area contributed by atoms with Crippen LogP contribution < -0.4 is 20.9 Å². The second kappa shape index (κ2) is 10.7. The molecule has 0 aliphatic rings. The van der Waals surface area contributed by atoms with Crippen molar-refractivity contribution in [2.45, 2.75) is 51.1 Å². The molecule has 0 aliphatic heterocycles. The van der Waals surface area contributed by atoms with Gasteiger partial charge in [-0.15, -0.1) is 0 Å². The minimum Gasteiger partial charge on any atom is -0.494 e. The van der Waals surface area contributed by atoms with E-state index < -0.39 is 16.6 Å². The molecule has 4 N–H and O–H groups in total. The molecule has 0 saturated carbocycles. The average molecular weight is 433 g/mol. The van der Waals surface area contributed by atoms with Crippen LogP contribution in [0.3, 0.4) is 0 Å². The molecule has 0 atom stereocenters. The van der Waals surface area contributed by atoms with Crippen LogP contribution in [-0.4, -0.2) is 29.8 Å². The number of hydrogen-bond acceptors (Lipinski definition) is 5. The van der Waals surface area contributed by atoms with Gasteiger partial charge in [0.15, 0.2) is 16.6 Å². The summed E-state index contributed by atoms with van der Waals surface area (Å²) in [7, 11) is -3.44. The first kappa shape index (κ1) is 23.3. The van der Waals surface area contributed by atoms with E-state index in [1.807, 2.05) is 48.5 Å². The third kappa shape index (κ3) is 9.38. The van der Waals surface area contributed by atoms with Crippen LogP contribution in [0.25, 0.3) is 0 Å². The van der Waals surface area contributed by atoms with E-state index in [4.69, 9.17) is 25.1 Å². The number of benzene rings is 2. The van der Waals surface area contributed by atoms with Crippen molar-refractivity contribution in [3.8, 4) is 11.5 Å². The highest BCUT2D eigenvalue weighted by Crippen LogP contribution is 2.26. The fraction of sp³-hybridized carbons (Fsp3) is 0.455. The number of ether oxygens (including phenoxy) is 2. The number of anilines is 2. The molecule has 0 aliphatic carbocycles. The van der Waals surface area contributed by atoms with E-state index in [1.165, 1.54) is 0 Å². The van der Waals surface area contributed by atoms with Gasteiger partial charge >= 0.3 is 0 Å². The van der Waals surface area contributed by atoms with E-state index in [1.54, 1.807) is 0 Å². The van der Waals surface area contributed by atoms with Crippen molar-refractivity contribution in [1.82, 2.24) is 0 Å². The second-order valence-electron chi connectivity index (χ2n) is 8.71. The van der Waals surface area contributed by atoms with E-state index in [0.29, 0.717) is 13.2 Å². The van der Waals surface area contributed by atoms with Crippen LogP contribution in [0.5, 0.6) is 11.5 Å². The van der Waals surface area contributed by atoms with Crippen molar-refractivity contribution in [2.24, 2.45) is 0 Å². The molecular weight excluding hydrogens is 396 g/mol.